The molecule has 1 aromatic carbocycles. The van der Waals surface area contributed by atoms with Crippen LogP contribution >= 0.6 is 0 Å². The van der Waals surface area contributed by atoms with Crippen molar-refractivity contribution in [3.05, 3.63) is 24.3 Å². The standard InChI is InChI=1S/C13H18N2O2/c1-2-17-11-6-4-3-5-10(11)15-12(16)13(9-14)7-8-13/h3-6H,2,7-9,14H2,1H3,(H,15,16). The van der Waals surface area contributed by atoms with Crippen LogP contribution in [0.1, 0.15) is 19.8 Å². The maximum absolute atomic E-state index is 12.0. The lowest BCUT2D eigenvalue weighted by molar-refractivity contribution is -0.120. The van der Waals surface area contributed by atoms with Crippen molar-refractivity contribution >= 4 is 11.6 Å². The SMILES string of the molecule is CCOc1ccccc1NC(=O)C1(CN)CC1. The minimum Gasteiger partial charge on any atom is -0.492 e. The van der Waals surface area contributed by atoms with Crippen LogP contribution in [0.4, 0.5) is 5.69 Å². The van der Waals surface area contributed by atoms with Gasteiger partial charge in [0.2, 0.25) is 5.91 Å². The summed E-state index contributed by atoms with van der Waals surface area (Å²) in [5.74, 6) is 0.711. The molecule has 0 heterocycles. The predicted octanol–water partition coefficient (Wildman–Crippen LogP) is 1.76. The Morgan fingerprint density at radius 3 is 2.76 bits per heavy atom. The van der Waals surface area contributed by atoms with E-state index in [4.69, 9.17) is 10.5 Å². The van der Waals surface area contributed by atoms with Crippen LogP contribution < -0.4 is 15.8 Å². The lowest BCUT2D eigenvalue weighted by Crippen LogP contribution is -2.30. The molecule has 1 saturated carbocycles. The first kappa shape index (κ1) is 11.9. The van der Waals surface area contributed by atoms with E-state index < -0.39 is 0 Å². The molecule has 92 valence electrons. The number of anilines is 1. The molecule has 0 spiro atoms. The summed E-state index contributed by atoms with van der Waals surface area (Å²) in [6, 6.07) is 7.45. The highest BCUT2D eigenvalue weighted by molar-refractivity contribution is 5.98. The Morgan fingerprint density at radius 2 is 2.18 bits per heavy atom. The van der Waals surface area contributed by atoms with E-state index in [1.807, 2.05) is 31.2 Å². The van der Waals surface area contributed by atoms with Gasteiger partial charge in [-0.2, -0.15) is 0 Å². The minimum atomic E-state index is -0.334. The molecule has 0 bridgehead atoms. The van der Waals surface area contributed by atoms with Gasteiger partial charge in [0.15, 0.2) is 0 Å². The van der Waals surface area contributed by atoms with Crippen molar-refractivity contribution in [3.8, 4) is 5.75 Å². The highest BCUT2D eigenvalue weighted by Crippen LogP contribution is 2.45. The van der Waals surface area contributed by atoms with E-state index in [2.05, 4.69) is 5.32 Å². The average molecular weight is 234 g/mol. The molecular formula is C13H18N2O2. The van der Waals surface area contributed by atoms with Gasteiger partial charge >= 0.3 is 0 Å². The molecule has 0 aliphatic heterocycles. The summed E-state index contributed by atoms with van der Waals surface area (Å²) >= 11 is 0. The summed E-state index contributed by atoms with van der Waals surface area (Å²) in [4.78, 5) is 12.0. The number of carbonyl (C=O) groups is 1. The summed E-state index contributed by atoms with van der Waals surface area (Å²) in [7, 11) is 0. The van der Waals surface area contributed by atoms with Crippen molar-refractivity contribution in [2.75, 3.05) is 18.5 Å². The summed E-state index contributed by atoms with van der Waals surface area (Å²) in [5, 5.41) is 2.91. The molecule has 1 fully saturated rings. The Balaban J connectivity index is 2.10. The zero-order valence-electron chi connectivity index (χ0n) is 10.0. The van der Waals surface area contributed by atoms with Crippen LogP contribution in [0.25, 0.3) is 0 Å². The Kier molecular flexibility index (Phi) is 3.33. The molecule has 1 aromatic rings. The third-order valence-electron chi connectivity index (χ3n) is 3.16. The Morgan fingerprint density at radius 1 is 1.47 bits per heavy atom. The van der Waals surface area contributed by atoms with Crippen LogP contribution in [0, 0.1) is 5.41 Å². The molecule has 4 heteroatoms. The summed E-state index contributed by atoms with van der Waals surface area (Å²) in [6.45, 7) is 2.91. The van der Waals surface area contributed by atoms with Crippen molar-refractivity contribution in [2.24, 2.45) is 11.1 Å². The molecule has 0 aromatic heterocycles. The van der Waals surface area contributed by atoms with Crippen molar-refractivity contribution < 1.29 is 9.53 Å². The molecule has 1 aliphatic carbocycles. The first-order chi connectivity index (χ1) is 8.22. The molecule has 0 saturated heterocycles. The van der Waals surface area contributed by atoms with Gasteiger partial charge in [-0.15, -0.1) is 0 Å². The zero-order valence-corrected chi connectivity index (χ0v) is 10.0. The van der Waals surface area contributed by atoms with Crippen LogP contribution in [0.2, 0.25) is 0 Å². The number of rotatable bonds is 5. The quantitative estimate of drug-likeness (QED) is 0.816. The first-order valence-electron chi connectivity index (χ1n) is 5.95. The van der Waals surface area contributed by atoms with E-state index >= 15 is 0 Å². The number of carbonyl (C=O) groups excluding carboxylic acids is 1. The third kappa shape index (κ3) is 2.42. The predicted molar refractivity (Wildman–Crippen MR) is 67.0 cm³/mol. The van der Waals surface area contributed by atoms with Gasteiger partial charge in [0.25, 0.3) is 0 Å². The van der Waals surface area contributed by atoms with E-state index in [0.29, 0.717) is 18.9 Å². The van der Waals surface area contributed by atoms with Gasteiger partial charge in [-0.05, 0) is 31.9 Å². The molecule has 17 heavy (non-hydrogen) atoms. The molecule has 2 rings (SSSR count). The lowest BCUT2D eigenvalue weighted by atomic mass is 10.1. The third-order valence-corrected chi connectivity index (χ3v) is 3.16. The topological polar surface area (TPSA) is 64.3 Å². The van der Waals surface area contributed by atoms with Crippen LogP contribution in [-0.2, 0) is 4.79 Å². The van der Waals surface area contributed by atoms with Crippen molar-refractivity contribution in [1.29, 1.82) is 0 Å². The van der Waals surface area contributed by atoms with Gasteiger partial charge in [0.05, 0.1) is 17.7 Å². The van der Waals surface area contributed by atoms with Gasteiger partial charge in [-0.1, -0.05) is 12.1 Å². The second-order valence-electron chi connectivity index (χ2n) is 4.37. The largest absolute Gasteiger partial charge is 0.492 e. The average Bonchev–Trinajstić information content (AvgIpc) is 3.13. The van der Waals surface area contributed by atoms with E-state index in [9.17, 15) is 4.79 Å². The number of nitrogens with one attached hydrogen (secondary N) is 1. The molecule has 3 N–H and O–H groups in total. The van der Waals surface area contributed by atoms with Gasteiger partial charge < -0.3 is 15.8 Å². The summed E-state index contributed by atoms with van der Waals surface area (Å²) < 4.78 is 5.46. The molecule has 0 radical (unpaired) electrons. The number of hydrogen-bond acceptors (Lipinski definition) is 3. The smallest absolute Gasteiger partial charge is 0.231 e. The monoisotopic (exact) mass is 234 g/mol. The maximum Gasteiger partial charge on any atom is 0.231 e. The molecule has 0 atom stereocenters. The van der Waals surface area contributed by atoms with Gasteiger partial charge in [0.1, 0.15) is 5.75 Å². The number of ether oxygens (including phenoxy) is 1. The Hall–Kier alpha value is -1.55. The molecule has 1 aliphatic rings. The molecule has 0 unspecified atom stereocenters. The van der Waals surface area contributed by atoms with Crippen molar-refractivity contribution in [1.82, 2.24) is 0 Å². The van der Waals surface area contributed by atoms with Gasteiger partial charge in [-0.25, -0.2) is 0 Å². The van der Waals surface area contributed by atoms with Crippen LogP contribution in [0.5, 0.6) is 5.75 Å². The molecule has 1 amide bonds. The zero-order chi connectivity index (χ0) is 12.3. The van der Waals surface area contributed by atoms with Crippen LogP contribution in [-0.4, -0.2) is 19.1 Å². The van der Waals surface area contributed by atoms with Crippen molar-refractivity contribution in [2.45, 2.75) is 19.8 Å². The van der Waals surface area contributed by atoms with Gasteiger partial charge in [-0.3, -0.25) is 4.79 Å². The van der Waals surface area contributed by atoms with E-state index in [0.717, 1.165) is 18.5 Å². The fourth-order valence-corrected chi connectivity index (χ4v) is 1.78. The van der Waals surface area contributed by atoms with E-state index in [1.54, 1.807) is 0 Å². The number of hydrogen-bond donors (Lipinski definition) is 2. The first-order valence-corrected chi connectivity index (χ1v) is 5.95. The second kappa shape index (κ2) is 4.75. The molecular weight excluding hydrogens is 216 g/mol. The van der Waals surface area contributed by atoms with E-state index in [1.165, 1.54) is 0 Å². The molecule has 4 nitrogen and oxygen atoms in total. The number of nitrogens with two attached hydrogens (primary N) is 1. The normalized spacial score (nSPS) is 16.4. The highest BCUT2D eigenvalue weighted by atomic mass is 16.5. The van der Waals surface area contributed by atoms with Crippen molar-refractivity contribution in [3.63, 3.8) is 0 Å². The minimum absolute atomic E-state index is 0.00662. The highest BCUT2D eigenvalue weighted by Gasteiger charge is 2.48. The van der Waals surface area contributed by atoms with Gasteiger partial charge in [0, 0.05) is 6.54 Å². The van der Waals surface area contributed by atoms with Crippen LogP contribution in [0.15, 0.2) is 24.3 Å². The Bertz CT molecular complexity index is 414. The number of benzene rings is 1. The number of amides is 1. The Labute approximate surface area is 101 Å². The lowest BCUT2D eigenvalue weighted by Gasteiger charge is -2.15. The number of para-hydroxylation sites is 2. The fourth-order valence-electron chi connectivity index (χ4n) is 1.78. The summed E-state index contributed by atoms with van der Waals surface area (Å²) in [5.41, 5.74) is 6.02. The van der Waals surface area contributed by atoms with Crippen LogP contribution in [0.3, 0.4) is 0 Å². The maximum atomic E-state index is 12.0. The second-order valence-corrected chi connectivity index (χ2v) is 4.37. The fraction of sp³-hybridized carbons (Fsp3) is 0.462. The summed E-state index contributed by atoms with van der Waals surface area (Å²) in [6.07, 6.45) is 1.76. The van der Waals surface area contributed by atoms with E-state index in [-0.39, 0.29) is 11.3 Å².